The molecule has 1 aliphatic heterocycles. The highest BCUT2D eigenvalue weighted by atomic mass is 15.1. The highest BCUT2D eigenvalue weighted by Crippen LogP contribution is 2.27. The molecular weight excluding hydrogens is 232 g/mol. The second-order valence-electron chi connectivity index (χ2n) is 6.75. The Hall–Kier alpha value is -1.02. The minimum atomic E-state index is 0.233. The fourth-order valence-electron chi connectivity index (χ4n) is 2.77. The Labute approximate surface area is 118 Å². The lowest BCUT2D eigenvalue weighted by Gasteiger charge is -2.32. The van der Waals surface area contributed by atoms with Crippen molar-refractivity contribution < 1.29 is 0 Å². The van der Waals surface area contributed by atoms with Gasteiger partial charge in [-0.3, -0.25) is 0 Å². The zero-order chi connectivity index (χ0) is 13.9. The van der Waals surface area contributed by atoms with Crippen molar-refractivity contribution in [3.63, 3.8) is 0 Å². The average Bonchev–Trinajstić information content (AvgIpc) is 2.33. The molecule has 0 fully saturated rings. The number of hydrogen-bond donors (Lipinski definition) is 1. The summed E-state index contributed by atoms with van der Waals surface area (Å²) < 4.78 is 0. The molecule has 0 bridgehead atoms. The number of hydrogen-bond acceptors (Lipinski definition) is 2. The van der Waals surface area contributed by atoms with Crippen LogP contribution in [0.1, 0.15) is 44.7 Å². The van der Waals surface area contributed by atoms with Crippen molar-refractivity contribution in [3.05, 3.63) is 29.3 Å². The van der Waals surface area contributed by atoms with Crippen LogP contribution < -0.4 is 10.2 Å². The fourth-order valence-corrected chi connectivity index (χ4v) is 2.77. The predicted octanol–water partition coefficient (Wildman–Crippen LogP) is 3.53. The van der Waals surface area contributed by atoms with Gasteiger partial charge in [-0.25, -0.2) is 0 Å². The molecule has 0 aliphatic carbocycles. The van der Waals surface area contributed by atoms with Crippen LogP contribution in [0, 0.1) is 6.92 Å². The van der Waals surface area contributed by atoms with Gasteiger partial charge in [0.2, 0.25) is 0 Å². The van der Waals surface area contributed by atoms with Crippen LogP contribution in [-0.2, 0) is 6.42 Å². The summed E-state index contributed by atoms with van der Waals surface area (Å²) in [4.78, 5) is 2.56. The largest absolute Gasteiger partial charge is 0.371 e. The van der Waals surface area contributed by atoms with Gasteiger partial charge in [0.15, 0.2) is 0 Å². The molecule has 0 radical (unpaired) electrons. The third-order valence-corrected chi connectivity index (χ3v) is 3.71. The summed E-state index contributed by atoms with van der Waals surface area (Å²) in [7, 11) is 0. The van der Waals surface area contributed by atoms with Gasteiger partial charge in [-0.1, -0.05) is 17.7 Å². The van der Waals surface area contributed by atoms with Gasteiger partial charge in [0.25, 0.3) is 0 Å². The van der Waals surface area contributed by atoms with E-state index in [1.807, 2.05) is 0 Å². The quantitative estimate of drug-likeness (QED) is 0.833. The molecular formula is C17H28N2. The van der Waals surface area contributed by atoms with E-state index in [2.05, 4.69) is 56.1 Å². The first-order valence-electron chi connectivity index (χ1n) is 7.55. The molecule has 0 amide bonds. The van der Waals surface area contributed by atoms with Crippen LogP contribution >= 0.6 is 0 Å². The van der Waals surface area contributed by atoms with Crippen molar-refractivity contribution in [2.24, 2.45) is 0 Å². The molecule has 1 aliphatic rings. The first-order valence-corrected chi connectivity index (χ1v) is 7.55. The van der Waals surface area contributed by atoms with E-state index < -0.39 is 0 Å². The Morgan fingerprint density at radius 2 is 2.05 bits per heavy atom. The van der Waals surface area contributed by atoms with Gasteiger partial charge in [0, 0.05) is 24.3 Å². The van der Waals surface area contributed by atoms with E-state index in [-0.39, 0.29) is 5.54 Å². The van der Waals surface area contributed by atoms with E-state index in [0.29, 0.717) is 0 Å². The van der Waals surface area contributed by atoms with Crippen LogP contribution in [0.5, 0.6) is 0 Å². The first kappa shape index (κ1) is 14.4. The van der Waals surface area contributed by atoms with Gasteiger partial charge < -0.3 is 10.2 Å². The molecule has 2 rings (SSSR count). The molecule has 0 atom stereocenters. The summed E-state index contributed by atoms with van der Waals surface area (Å²) in [5.41, 5.74) is 4.62. The van der Waals surface area contributed by atoms with E-state index in [1.54, 1.807) is 0 Å². The Morgan fingerprint density at radius 1 is 1.26 bits per heavy atom. The van der Waals surface area contributed by atoms with Gasteiger partial charge in [0.1, 0.15) is 0 Å². The van der Waals surface area contributed by atoms with Gasteiger partial charge in [-0.15, -0.1) is 0 Å². The van der Waals surface area contributed by atoms with Crippen molar-refractivity contribution in [1.82, 2.24) is 5.32 Å². The van der Waals surface area contributed by atoms with Gasteiger partial charge >= 0.3 is 0 Å². The fraction of sp³-hybridized carbons (Fsp3) is 0.647. The summed E-state index contributed by atoms with van der Waals surface area (Å²) in [6.07, 6.45) is 3.75. The first-order chi connectivity index (χ1) is 8.96. The van der Waals surface area contributed by atoms with E-state index in [4.69, 9.17) is 0 Å². The third-order valence-electron chi connectivity index (χ3n) is 3.71. The van der Waals surface area contributed by atoms with Gasteiger partial charge in [0.05, 0.1) is 0 Å². The molecule has 1 aromatic rings. The molecule has 1 aromatic carbocycles. The number of fused-ring (bicyclic) bond motifs is 1. The summed E-state index contributed by atoms with van der Waals surface area (Å²) in [5.74, 6) is 0. The van der Waals surface area contributed by atoms with Crippen LogP contribution in [0.15, 0.2) is 18.2 Å². The number of aryl methyl sites for hydroxylation is 2. The smallest absolute Gasteiger partial charge is 0.0398 e. The number of nitrogens with zero attached hydrogens (tertiary/aromatic N) is 1. The molecule has 106 valence electrons. The van der Waals surface area contributed by atoms with Crippen molar-refractivity contribution in [2.45, 2.75) is 52.5 Å². The second kappa shape index (κ2) is 5.96. The Balaban J connectivity index is 1.89. The van der Waals surface area contributed by atoms with E-state index in [9.17, 15) is 0 Å². The van der Waals surface area contributed by atoms with E-state index in [1.165, 1.54) is 49.2 Å². The second-order valence-corrected chi connectivity index (χ2v) is 6.75. The molecule has 0 unspecified atom stereocenters. The summed E-state index contributed by atoms with van der Waals surface area (Å²) in [5, 5.41) is 3.57. The standard InChI is InChI=1S/C17H28N2/c1-14-8-9-16-15(13-14)7-5-11-19(16)12-6-10-18-17(2,3)4/h8-9,13,18H,5-7,10-12H2,1-4H3. The highest BCUT2D eigenvalue weighted by molar-refractivity contribution is 5.56. The van der Waals surface area contributed by atoms with Gasteiger partial charge in [-0.05, 0) is 65.1 Å². The molecule has 1 heterocycles. The topological polar surface area (TPSA) is 15.3 Å². The molecule has 0 saturated carbocycles. The molecule has 0 saturated heterocycles. The molecule has 0 spiro atoms. The molecule has 19 heavy (non-hydrogen) atoms. The number of benzene rings is 1. The van der Waals surface area contributed by atoms with Crippen LogP contribution in [0.25, 0.3) is 0 Å². The monoisotopic (exact) mass is 260 g/mol. The van der Waals surface area contributed by atoms with E-state index >= 15 is 0 Å². The summed E-state index contributed by atoms with van der Waals surface area (Å²) >= 11 is 0. The maximum atomic E-state index is 3.57. The van der Waals surface area contributed by atoms with Crippen LogP contribution in [0.2, 0.25) is 0 Å². The molecule has 1 N–H and O–H groups in total. The number of anilines is 1. The van der Waals surface area contributed by atoms with Crippen molar-refractivity contribution in [3.8, 4) is 0 Å². The molecule has 2 heteroatoms. The van der Waals surface area contributed by atoms with Crippen molar-refractivity contribution >= 4 is 5.69 Å². The van der Waals surface area contributed by atoms with Gasteiger partial charge in [-0.2, -0.15) is 0 Å². The Morgan fingerprint density at radius 3 is 2.79 bits per heavy atom. The molecule has 0 aromatic heterocycles. The van der Waals surface area contributed by atoms with Crippen LogP contribution in [0.3, 0.4) is 0 Å². The zero-order valence-electron chi connectivity index (χ0n) is 12.9. The minimum absolute atomic E-state index is 0.233. The van der Waals surface area contributed by atoms with Crippen molar-refractivity contribution in [1.29, 1.82) is 0 Å². The summed E-state index contributed by atoms with van der Waals surface area (Å²) in [6.45, 7) is 12.3. The Bertz CT molecular complexity index is 418. The number of rotatable bonds is 4. The zero-order valence-corrected chi connectivity index (χ0v) is 12.9. The van der Waals surface area contributed by atoms with Crippen molar-refractivity contribution in [2.75, 3.05) is 24.5 Å². The predicted molar refractivity (Wildman–Crippen MR) is 84.1 cm³/mol. The lowest BCUT2D eigenvalue weighted by Crippen LogP contribution is -2.38. The lowest BCUT2D eigenvalue weighted by atomic mass is 9.99. The number of nitrogens with one attached hydrogen (secondary N) is 1. The summed E-state index contributed by atoms with van der Waals surface area (Å²) in [6, 6.07) is 6.90. The Kier molecular flexibility index (Phi) is 4.51. The average molecular weight is 260 g/mol. The molecule has 2 nitrogen and oxygen atoms in total. The minimum Gasteiger partial charge on any atom is -0.371 e. The van der Waals surface area contributed by atoms with Crippen LogP contribution in [0.4, 0.5) is 5.69 Å². The third kappa shape index (κ3) is 4.24. The highest BCUT2D eigenvalue weighted by Gasteiger charge is 2.16. The van der Waals surface area contributed by atoms with E-state index in [0.717, 1.165) is 6.54 Å². The lowest BCUT2D eigenvalue weighted by molar-refractivity contribution is 0.421. The SMILES string of the molecule is Cc1ccc2c(c1)CCCN2CCCNC(C)(C)C. The maximum Gasteiger partial charge on any atom is 0.0398 e. The normalized spacial score (nSPS) is 15.5. The maximum absolute atomic E-state index is 3.57. The van der Waals surface area contributed by atoms with Crippen LogP contribution in [-0.4, -0.2) is 25.2 Å².